The highest BCUT2D eigenvalue weighted by atomic mass is 19.1. The summed E-state index contributed by atoms with van der Waals surface area (Å²) in [7, 11) is 0. The molecule has 0 aliphatic heterocycles. The largest absolute Gasteiger partial charge is 0.490 e. The Hall–Kier alpha value is -2.70. The zero-order chi connectivity index (χ0) is 21.0. The van der Waals surface area contributed by atoms with E-state index in [1.807, 2.05) is 0 Å². The van der Waals surface area contributed by atoms with Crippen molar-refractivity contribution in [1.82, 2.24) is 19.9 Å². The molecule has 4 fully saturated rings. The Morgan fingerprint density at radius 1 is 1.16 bits per heavy atom. The molecule has 0 spiro atoms. The molecule has 1 atom stereocenters. The highest BCUT2D eigenvalue weighted by Crippen LogP contribution is 2.61. The first-order chi connectivity index (χ1) is 15.0. The van der Waals surface area contributed by atoms with E-state index in [1.54, 1.807) is 12.1 Å². The third-order valence-electron chi connectivity index (χ3n) is 7.69. The van der Waals surface area contributed by atoms with Crippen molar-refractivity contribution >= 4 is 11.2 Å². The third kappa shape index (κ3) is 3.64. The molecule has 0 saturated heterocycles. The second-order valence-electron chi connectivity index (χ2n) is 10.1. The molecule has 2 heterocycles. The summed E-state index contributed by atoms with van der Waals surface area (Å²) in [6, 6.07) is 6.35. The van der Waals surface area contributed by atoms with Gasteiger partial charge in [0.25, 0.3) is 5.56 Å². The first-order valence-electron chi connectivity index (χ1n) is 11.4. The Kier molecular flexibility index (Phi) is 4.40. The molecule has 4 aliphatic rings. The average molecular weight is 423 g/mol. The van der Waals surface area contributed by atoms with Crippen LogP contribution in [0, 0.1) is 29.0 Å². The highest BCUT2D eigenvalue weighted by molar-refractivity contribution is 5.68. The summed E-state index contributed by atoms with van der Waals surface area (Å²) >= 11 is 0. The van der Waals surface area contributed by atoms with Gasteiger partial charge in [0.2, 0.25) is 0 Å². The van der Waals surface area contributed by atoms with Crippen LogP contribution >= 0.6 is 0 Å². The van der Waals surface area contributed by atoms with Crippen LogP contribution in [0.25, 0.3) is 11.2 Å². The Bertz CT molecular complexity index is 1130. The Labute approximate surface area is 179 Å². The number of rotatable bonds is 6. The molecule has 1 unspecified atom stereocenters. The first kappa shape index (κ1) is 19.0. The number of imidazole rings is 1. The summed E-state index contributed by atoms with van der Waals surface area (Å²) in [6.07, 6.45) is 10.7. The van der Waals surface area contributed by atoms with E-state index in [0.717, 1.165) is 24.2 Å². The molecule has 6 nitrogen and oxygen atoms in total. The van der Waals surface area contributed by atoms with Crippen molar-refractivity contribution in [1.29, 1.82) is 0 Å². The van der Waals surface area contributed by atoms with Gasteiger partial charge in [0.05, 0.1) is 6.33 Å². The summed E-state index contributed by atoms with van der Waals surface area (Å²) in [6.45, 7) is 0. The molecule has 2 N–H and O–H groups in total. The number of aromatic amines is 2. The van der Waals surface area contributed by atoms with Crippen molar-refractivity contribution in [2.45, 2.75) is 57.5 Å². The molecular formula is C24H27FN4O2. The number of nitrogens with one attached hydrogen (secondary N) is 2. The predicted octanol–water partition coefficient (Wildman–Crippen LogP) is 4.38. The van der Waals surface area contributed by atoms with E-state index in [9.17, 15) is 9.18 Å². The van der Waals surface area contributed by atoms with Gasteiger partial charge in [-0.05, 0) is 80.2 Å². The molecule has 162 valence electrons. The molecule has 7 heteroatoms. The van der Waals surface area contributed by atoms with Crippen LogP contribution in [0.3, 0.4) is 0 Å². The third-order valence-corrected chi connectivity index (χ3v) is 7.69. The summed E-state index contributed by atoms with van der Waals surface area (Å²) in [5.41, 5.74) is 0.886. The van der Waals surface area contributed by atoms with Crippen molar-refractivity contribution in [2.24, 2.45) is 23.2 Å². The van der Waals surface area contributed by atoms with Crippen molar-refractivity contribution < 1.29 is 9.13 Å². The van der Waals surface area contributed by atoms with Gasteiger partial charge in [-0.25, -0.2) is 14.4 Å². The van der Waals surface area contributed by atoms with Gasteiger partial charge in [0, 0.05) is 12.5 Å². The molecular weight excluding hydrogens is 395 g/mol. The number of H-pyrrole nitrogens is 2. The molecule has 0 amide bonds. The van der Waals surface area contributed by atoms with E-state index >= 15 is 0 Å². The lowest BCUT2D eigenvalue weighted by atomic mass is 9.48. The minimum absolute atomic E-state index is 0.141. The summed E-state index contributed by atoms with van der Waals surface area (Å²) < 4.78 is 20.2. The van der Waals surface area contributed by atoms with E-state index in [-0.39, 0.29) is 17.5 Å². The van der Waals surface area contributed by atoms with Gasteiger partial charge >= 0.3 is 0 Å². The molecule has 0 radical (unpaired) electrons. The maximum Gasteiger partial charge on any atom is 0.276 e. The van der Waals surface area contributed by atoms with Crippen LogP contribution in [0.1, 0.15) is 50.8 Å². The number of hydrogen-bond acceptors (Lipinski definition) is 4. The molecule has 3 aromatic rings. The van der Waals surface area contributed by atoms with Gasteiger partial charge in [0.1, 0.15) is 23.5 Å². The van der Waals surface area contributed by atoms with Crippen LogP contribution in [-0.2, 0) is 6.42 Å². The Morgan fingerprint density at radius 2 is 1.90 bits per heavy atom. The minimum atomic E-state index is -0.300. The van der Waals surface area contributed by atoms with Crippen LogP contribution in [0.4, 0.5) is 4.39 Å². The summed E-state index contributed by atoms with van der Waals surface area (Å²) in [5.74, 6) is 3.50. The number of fused-ring (bicyclic) bond motifs is 1. The lowest BCUT2D eigenvalue weighted by molar-refractivity contribution is -0.0728. The van der Waals surface area contributed by atoms with Crippen molar-refractivity contribution in [3.05, 3.63) is 52.6 Å². The summed E-state index contributed by atoms with van der Waals surface area (Å²) in [4.78, 5) is 26.5. The van der Waals surface area contributed by atoms with E-state index < -0.39 is 0 Å². The molecule has 4 saturated carbocycles. The maximum absolute atomic E-state index is 13.8. The van der Waals surface area contributed by atoms with E-state index in [2.05, 4.69) is 19.9 Å². The monoisotopic (exact) mass is 422 g/mol. The number of halogens is 1. The van der Waals surface area contributed by atoms with Crippen LogP contribution in [0.2, 0.25) is 0 Å². The second kappa shape index (κ2) is 7.18. The van der Waals surface area contributed by atoms with Crippen molar-refractivity contribution in [3.63, 3.8) is 0 Å². The number of aromatic nitrogens is 4. The second-order valence-corrected chi connectivity index (χ2v) is 10.1. The van der Waals surface area contributed by atoms with Crippen LogP contribution in [0.15, 0.2) is 35.4 Å². The van der Waals surface area contributed by atoms with Gasteiger partial charge in [-0.3, -0.25) is 4.79 Å². The predicted molar refractivity (Wildman–Crippen MR) is 114 cm³/mol. The molecule has 4 aliphatic carbocycles. The van der Waals surface area contributed by atoms with Gasteiger partial charge in [-0.15, -0.1) is 0 Å². The molecule has 1 aromatic carbocycles. The van der Waals surface area contributed by atoms with Gasteiger partial charge < -0.3 is 14.7 Å². The highest BCUT2D eigenvalue weighted by Gasteiger charge is 2.51. The SMILES string of the molecule is O=c1[nH]cnc2nc(CC(CC34CC5CC(CC(C5)C3)C4)Oc3cccc(F)c3)[nH]c12. The van der Waals surface area contributed by atoms with Crippen molar-refractivity contribution in [3.8, 4) is 5.75 Å². The number of hydrogen-bond donors (Lipinski definition) is 2. The zero-order valence-electron chi connectivity index (χ0n) is 17.4. The topological polar surface area (TPSA) is 83.7 Å². The lowest BCUT2D eigenvalue weighted by Crippen LogP contribution is -2.48. The van der Waals surface area contributed by atoms with Gasteiger partial charge in [0.15, 0.2) is 11.2 Å². The van der Waals surface area contributed by atoms with Crippen LogP contribution < -0.4 is 10.3 Å². The zero-order valence-corrected chi connectivity index (χ0v) is 17.4. The fourth-order valence-electron chi connectivity index (χ4n) is 7.11. The number of nitrogens with zero attached hydrogens (tertiary/aromatic N) is 2. The van der Waals surface area contributed by atoms with Gasteiger partial charge in [-0.2, -0.15) is 0 Å². The number of benzene rings is 1. The maximum atomic E-state index is 13.8. The molecule has 4 bridgehead atoms. The van der Waals surface area contributed by atoms with Crippen molar-refractivity contribution in [2.75, 3.05) is 0 Å². The lowest BCUT2D eigenvalue weighted by Gasteiger charge is -2.57. The summed E-state index contributed by atoms with van der Waals surface area (Å²) in [5, 5.41) is 0. The fourth-order valence-corrected chi connectivity index (χ4v) is 7.11. The van der Waals surface area contributed by atoms with Crippen LogP contribution in [0.5, 0.6) is 5.75 Å². The average Bonchev–Trinajstić information content (AvgIpc) is 3.10. The van der Waals surface area contributed by atoms with E-state index in [0.29, 0.717) is 34.6 Å². The normalized spacial score (nSPS) is 30.0. The van der Waals surface area contributed by atoms with E-state index in [1.165, 1.54) is 57.0 Å². The first-order valence-corrected chi connectivity index (χ1v) is 11.4. The Morgan fingerprint density at radius 3 is 2.58 bits per heavy atom. The number of ether oxygens (including phenoxy) is 1. The Balaban J connectivity index is 1.30. The van der Waals surface area contributed by atoms with Crippen LogP contribution in [-0.4, -0.2) is 26.0 Å². The quantitative estimate of drug-likeness (QED) is 0.617. The molecule has 2 aromatic heterocycles. The fraction of sp³-hybridized carbons (Fsp3) is 0.542. The smallest absolute Gasteiger partial charge is 0.276 e. The standard InChI is InChI=1S/C24H27FN4O2/c25-17-2-1-3-18(7-17)31-19(8-20-28-21-22(29-20)26-13-27-23(21)30)12-24-9-14-4-15(10-24)6-16(5-14)11-24/h1-3,7,13-16,19H,4-6,8-12H2,(H2,26,27,28,29,30). The van der Waals surface area contributed by atoms with E-state index in [4.69, 9.17) is 4.74 Å². The molecule has 31 heavy (non-hydrogen) atoms. The van der Waals surface area contributed by atoms with Gasteiger partial charge in [-0.1, -0.05) is 6.07 Å². The molecule has 7 rings (SSSR count). The minimum Gasteiger partial charge on any atom is -0.490 e.